The van der Waals surface area contributed by atoms with E-state index in [4.69, 9.17) is 21.5 Å². The molecule has 0 rings (SSSR count). The molecule has 0 aliphatic rings. The van der Waals surface area contributed by atoms with E-state index in [-0.39, 0.29) is 16.2 Å². The van der Waals surface area contributed by atoms with Crippen LogP contribution in [0.4, 0.5) is 0 Å². The second kappa shape index (κ2) is 8.48. The summed E-state index contributed by atoms with van der Waals surface area (Å²) in [7, 11) is 0. The molecule has 0 saturated heterocycles. The predicted octanol–water partition coefficient (Wildman–Crippen LogP) is 4.25. The lowest BCUT2D eigenvalue weighted by atomic mass is 9.69. The number of carboxylic acids is 1. The van der Waals surface area contributed by atoms with E-state index in [1.807, 2.05) is 34.6 Å². The van der Waals surface area contributed by atoms with E-state index in [9.17, 15) is 5.11 Å². The van der Waals surface area contributed by atoms with Gasteiger partial charge in [-0.15, -0.1) is 18.2 Å². The zero-order valence-corrected chi connectivity index (χ0v) is 14.3. The average Bonchev–Trinajstić information content (AvgIpc) is 2.26. The summed E-state index contributed by atoms with van der Waals surface area (Å²) in [4.78, 5) is 9.00. The van der Waals surface area contributed by atoms with E-state index in [0.717, 1.165) is 12.5 Å². The summed E-state index contributed by atoms with van der Waals surface area (Å²) < 4.78 is 0. The van der Waals surface area contributed by atoms with E-state index in [0.29, 0.717) is 6.42 Å². The first kappa shape index (κ1) is 21.5. The fourth-order valence-electron chi connectivity index (χ4n) is 1.87. The third-order valence-electron chi connectivity index (χ3n) is 3.21. The predicted molar refractivity (Wildman–Crippen MR) is 86.1 cm³/mol. The highest BCUT2D eigenvalue weighted by molar-refractivity contribution is 6.22. The molecule has 0 spiro atoms. The molecule has 20 heavy (non-hydrogen) atoms. The summed E-state index contributed by atoms with van der Waals surface area (Å²) in [6, 6.07) is 0. The van der Waals surface area contributed by atoms with Gasteiger partial charge in [-0.1, -0.05) is 45.9 Å². The number of rotatable bonds is 6. The number of alkyl halides is 1. The molecule has 2 atom stereocenters. The van der Waals surface area contributed by atoms with Crippen molar-refractivity contribution in [2.45, 2.75) is 59.4 Å². The molecule has 0 radical (unpaired) electrons. The maximum atomic E-state index is 10.4. The van der Waals surface area contributed by atoms with Crippen molar-refractivity contribution < 1.29 is 15.0 Å². The molecule has 2 unspecified atom stereocenters. The molecule has 0 aliphatic carbocycles. The van der Waals surface area contributed by atoms with Crippen LogP contribution in [0.25, 0.3) is 0 Å². The van der Waals surface area contributed by atoms with Gasteiger partial charge in [0.1, 0.15) is 0 Å². The van der Waals surface area contributed by atoms with E-state index in [1.54, 1.807) is 6.08 Å². The summed E-state index contributed by atoms with van der Waals surface area (Å²) in [5.74, 6) is -0.833. The minimum Gasteiger partial charge on any atom is -0.481 e. The van der Waals surface area contributed by atoms with Crippen molar-refractivity contribution in [2.75, 3.05) is 0 Å². The van der Waals surface area contributed by atoms with Crippen LogP contribution in [0.15, 0.2) is 24.8 Å². The molecule has 0 aromatic carbocycles. The summed E-state index contributed by atoms with van der Waals surface area (Å²) in [6.45, 7) is 18.6. The Labute approximate surface area is 128 Å². The quantitative estimate of drug-likeness (QED) is 0.569. The van der Waals surface area contributed by atoms with Crippen LogP contribution in [0.1, 0.15) is 48.0 Å². The lowest BCUT2D eigenvalue weighted by Gasteiger charge is -2.40. The lowest BCUT2D eigenvalue weighted by Crippen LogP contribution is -2.41. The van der Waals surface area contributed by atoms with Gasteiger partial charge in [0.05, 0.1) is 11.5 Å². The van der Waals surface area contributed by atoms with Crippen LogP contribution in [0.5, 0.6) is 0 Å². The zero-order chi connectivity index (χ0) is 16.7. The Balaban J connectivity index is 0. The number of hydrogen-bond donors (Lipinski definition) is 2. The molecule has 118 valence electrons. The molecule has 0 fully saturated rings. The van der Waals surface area contributed by atoms with Crippen LogP contribution in [0.3, 0.4) is 0 Å². The Hall–Kier alpha value is -0.800. The standard InChI is InChI=1S/C14H25ClO.C2H4O2/c1-8-13(4,5)12(16)14(6,7)9-11(15)10(2)3;1-2(3)4/h8,11-12,16H,1-2,9H2,3-7H3;1H3,(H,3,4). The summed E-state index contributed by atoms with van der Waals surface area (Å²) in [5.41, 5.74) is 0.372. The molecule has 0 amide bonds. The van der Waals surface area contributed by atoms with Crippen LogP contribution in [-0.4, -0.2) is 27.7 Å². The zero-order valence-electron chi connectivity index (χ0n) is 13.5. The van der Waals surface area contributed by atoms with Crippen molar-refractivity contribution in [2.24, 2.45) is 10.8 Å². The first-order valence-corrected chi connectivity index (χ1v) is 7.02. The first-order chi connectivity index (χ1) is 8.77. The maximum absolute atomic E-state index is 10.4. The smallest absolute Gasteiger partial charge is 0.300 e. The molecule has 3 nitrogen and oxygen atoms in total. The molecule has 0 saturated carbocycles. The highest BCUT2D eigenvalue weighted by Gasteiger charge is 2.38. The van der Waals surface area contributed by atoms with Gasteiger partial charge in [-0.25, -0.2) is 0 Å². The number of aliphatic hydroxyl groups is 1. The summed E-state index contributed by atoms with van der Waals surface area (Å²) >= 11 is 6.20. The molecule has 0 aromatic heterocycles. The van der Waals surface area contributed by atoms with Crippen LogP contribution in [0, 0.1) is 10.8 Å². The normalized spacial score (nSPS) is 14.6. The van der Waals surface area contributed by atoms with Gasteiger partial charge in [0.25, 0.3) is 5.97 Å². The van der Waals surface area contributed by atoms with Crippen molar-refractivity contribution >= 4 is 17.6 Å². The fourth-order valence-corrected chi connectivity index (χ4v) is 2.26. The Kier molecular flexibility index (Phi) is 9.11. The van der Waals surface area contributed by atoms with E-state index in [2.05, 4.69) is 13.2 Å². The number of hydrogen-bond acceptors (Lipinski definition) is 2. The van der Waals surface area contributed by atoms with E-state index >= 15 is 0 Å². The number of carboxylic acid groups (broad SMARTS) is 1. The van der Waals surface area contributed by atoms with Crippen molar-refractivity contribution in [1.82, 2.24) is 0 Å². The molecule has 4 heteroatoms. The van der Waals surface area contributed by atoms with Crippen LogP contribution < -0.4 is 0 Å². The van der Waals surface area contributed by atoms with Gasteiger partial charge in [-0.3, -0.25) is 4.79 Å². The Bertz CT molecular complexity index is 342. The molecular formula is C16H29ClO3. The minimum absolute atomic E-state index is 0.0923. The van der Waals surface area contributed by atoms with Gasteiger partial charge in [0.2, 0.25) is 0 Å². The Morgan fingerprint density at radius 3 is 1.90 bits per heavy atom. The monoisotopic (exact) mass is 304 g/mol. The van der Waals surface area contributed by atoms with Gasteiger partial charge < -0.3 is 10.2 Å². The highest BCUT2D eigenvalue weighted by Crippen LogP contribution is 2.39. The van der Waals surface area contributed by atoms with Gasteiger partial charge in [-0.05, 0) is 18.8 Å². The number of aliphatic hydroxyl groups excluding tert-OH is 1. The molecule has 0 bridgehead atoms. The third kappa shape index (κ3) is 8.39. The van der Waals surface area contributed by atoms with Crippen molar-refractivity contribution in [3.63, 3.8) is 0 Å². The molecule has 0 aliphatic heterocycles. The Morgan fingerprint density at radius 1 is 1.30 bits per heavy atom. The molecule has 0 heterocycles. The molecule has 2 N–H and O–H groups in total. The summed E-state index contributed by atoms with van der Waals surface area (Å²) in [6.07, 6.45) is 2.03. The van der Waals surface area contributed by atoms with Gasteiger partial charge in [-0.2, -0.15) is 0 Å². The Morgan fingerprint density at radius 2 is 1.65 bits per heavy atom. The number of allylic oxidation sites excluding steroid dienone is 1. The number of aliphatic carboxylic acids is 1. The SMILES string of the molecule is C=CC(C)(C)C(O)C(C)(C)CC(Cl)C(=C)C.CC(=O)O. The van der Waals surface area contributed by atoms with Crippen LogP contribution in [0.2, 0.25) is 0 Å². The lowest BCUT2D eigenvalue weighted by molar-refractivity contribution is -0.134. The first-order valence-electron chi connectivity index (χ1n) is 6.58. The van der Waals surface area contributed by atoms with E-state index < -0.39 is 12.1 Å². The maximum Gasteiger partial charge on any atom is 0.300 e. The molecular weight excluding hydrogens is 276 g/mol. The highest BCUT2D eigenvalue weighted by atomic mass is 35.5. The summed E-state index contributed by atoms with van der Waals surface area (Å²) in [5, 5.41) is 17.7. The number of halogens is 1. The third-order valence-corrected chi connectivity index (χ3v) is 3.74. The van der Waals surface area contributed by atoms with Crippen LogP contribution >= 0.6 is 11.6 Å². The average molecular weight is 305 g/mol. The number of carbonyl (C=O) groups is 1. The second-order valence-corrected chi connectivity index (χ2v) is 6.98. The fraction of sp³-hybridized carbons (Fsp3) is 0.688. The second-order valence-electron chi connectivity index (χ2n) is 6.45. The van der Waals surface area contributed by atoms with Crippen molar-refractivity contribution in [3.05, 3.63) is 24.8 Å². The molecule has 0 aromatic rings. The van der Waals surface area contributed by atoms with E-state index in [1.165, 1.54) is 0 Å². The van der Waals surface area contributed by atoms with Gasteiger partial charge in [0, 0.05) is 12.3 Å². The van der Waals surface area contributed by atoms with Gasteiger partial charge in [0.15, 0.2) is 0 Å². The topological polar surface area (TPSA) is 57.5 Å². The minimum atomic E-state index is -0.833. The largest absolute Gasteiger partial charge is 0.481 e. The van der Waals surface area contributed by atoms with Crippen molar-refractivity contribution in [3.8, 4) is 0 Å². The van der Waals surface area contributed by atoms with Crippen molar-refractivity contribution in [1.29, 1.82) is 0 Å². The van der Waals surface area contributed by atoms with Crippen LogP contribution in [-0.2, 0) is 4.79 Å². The van der Waals surface area contributed by atoms with Gasteiger partial charge >= 0.3 is 0 Å².